The molecule has 3 aromatic rings. The Kier molecular flexibility index (Phi) is 4.77. The molecular formula is C18H20N4O2. The van der Waals surface area contributed by atoms with Gasteiger partial charge >= 0.3 is 0 Å². The van der Waals surface area contributed by atoms with E-state index in [9.17, 15) is 0 Å². The van der Waals surface area contributed by atoms with Gasteiger partial charge in [-0.1, -0.05) is 30.3 Å². The summed E-state index contributed by atoms with van der Waals surface area (Å²) in [7, 11) is 1.61. The molecule has 1 heterocycles. The number of nitrogens with zero attached hydrogens (tertiary/aromatic N) is 2. The highest BCUT2D eigenvalue weighted by atomic mass is 16.5. The second-order valence-electron chi connectivity index (χ2n) is 5.23. The van der Waals surface area contributed by atoms with E-state index in [-0.39, 0.29) is 6.04 Å². The summed E-state index contributed by atoms with van der Waals surface area (Å²) in [4.78, 5) is 4.53. The smallest absolute Gasteiger partial charge is 0.181 e. The normalized spacial score (nSPS) is 12.0. The van der Waals surface area contributed by atoms with Crippen LogP contribution in [0.15, 0.2) is 48.5 Å². The second-order valence-corrected chi connectivity index (χ2v) is 5.23. The number of aromatic nitrogens is 3. The van der Waals surface area contributed by atoms with Crippen molar-refractivity contribution in [1.29, 1.82) is 0 Å². The van der Waals surface area contributed by atoms with E-state index in [1.807, 2.05) is 55.5 Å². The molecule has 2 aromatic carbocycles. The minimum atomic E-state index is -0.350. The number of nitrogens with two attached hydrogens (primary N) is 1. The average molecular weight is 324 g/mol. The molecule has 1 atom stereocenters. The van der Waals surface area contributed by atoms with Gasteiger partial charge in [-0.3, -0.25) is 5.10 Å². The summed E-state index contributed by atoms with van der Waals surface area (Å²) in [5, 5.41) is 7.20. The molecule has 0 aliphatic carbocycles. The molecule has 0 aliphatic rings. The number of hydrogen-bond acceptors (Lipinski definition) is 5. The second kappa shape index (κ2) is 7.14. The van der Waals surface area contributed by atoms with Gasteiger partial charge in [0.15, 0.2) is 17.3 Å². The zero-order valence-corrected chi connectivity index (χ0v) is 13.7. The van der Waals surface area contributed by atoms with Gasteiger partial charge in [-0.05, 0) is 30.7 Å². The van der Waals surface area contributed by atoms with Crippen LogP contribution in [0.2, 0.25) is 0 Å². The first kappa shape index (κ1) is 16.0. The highest BCUT2D eigenvalue weighted by Gasteiger charge is 2.15. The molecular weight excluding hydrogens is 304 g/mol. The third kappa shape index (κ3) is 3.23. The fourth-order valence-electron chi connectivity index (χ4n) is 2.44. The fraction of sp³-hybridized carbons (Fsp3) is 0.222. The van der Waals surface area contributed by atoms with Crippen molar-refractivity contribution in [3.8, 4) is 22.9 Å². The molecule has 3 N–H and O–H groups in total. The number of aromatic amines is 1. The number of nitrogens with one attached hydrogen (secondary N) is 1. The molecule has 0 amide bonds. The van der Waals surface area contributed by atoms with Crippen molar-refractivity contribution in [2.24, 2.45) is 5.73 Å². The average Bonchev–Trinajstić information content (AvgIpc) is 3.12. The molecule has 3 rings (SSSR count). The topological polar surface area (TPSA) is 86.0 Å². The van der Waals surface area contributed by atoms with Gasteiger partial charge in [-0.2, -0.15) is 5.10 Å². The number of methoxy groups -OCH3 is 1. The Balaban J connectivity index is 1.89. The highest BCUT2D eigenvalue weighted by molar-refractivity contribution is 5.61. The van der Waals surface area contributed by atoms with E-state index >= 15 is 0 Å². The van der Waals surface area contributed by atoms with E-state index in [1.165, 1.54) is 0 Å². The van der Waals surface area contributed by atoms with Gasteiger partial charge in [0.25, 0.3) is 0 Å². The first-order valence-corrected chi connectivity index (χ1v) is 7.77. The van der Waals surface area contributed by atoms with Gasteiger partial charge < -0.3 is 15.2 Å². The van der Waals surface area contributed by atoms with Gasteiger partial charge in [0.2, 0.25) is 0 Å². The van der Waals surface area contributed by atoms with Crippen LogP contribution in [-0.4, -0.2) is 28.9 Å². The number of ether oxygens (including phenoxy) is 2. The lowest BCUT2D eigenvalue weighted by Gasteiger charge is -2.10. The molecule has 0 aliphatic heterocycles. The van der Waals surface area contributed by atoms with Crippen LogP contribution in [0.1, 0.15) is 24.4 Å². The summed E-state index contributed by atoms with van der Waals surface area (Å²) >= 11 is 0. The lowest BCUT2D eigenvalue weighted by molar-refractivity contribution is 0.311. The van der Waals surface area contributed by atoms with Crippen molar-refractivity contribution in [3.05, 3.63) is 59.9 Å². The van der Waals surface area contributed by atoms with Crippen molar-refractivity contribution in [2.75, 3.05) is 13.7 Å². The highest BCUT2D eigenvalue weighted by Crippen LogP contribution is 2.31. The van der Waals surface area contributed by atoms with Crippen LogP contribution >= 0.6 is 0 Å². The standard InChI is InChI=1S/C18H20N4O2/c1-3-24-15-11-13(9-10-14(15)23-2)17-20-18(22-21-17)16(19)12-7-5-4-6-8-12/h4-11,16H,3,19H2,1-2H3,(H,20,21,22)/t16-/m0/s1. The quantitative estimate of drug-likeness (QED) is 0.728. The van der Waals surface area contributed by atoms with Crippen LogP contribution in [0.5, 0.6) is 11.5 Å². The summed E-state index contributed by atoms with van der Waals surface area (Å²) in [6.45, 7) is 2.48. The van der Waals surface area contributed by atoms with Crippen LogP contribution in [0.3, 0.4) is 0 Å². The number of benzene rings is 2. The van der Waals surface area contributed by atoms with E-state index in [1.54, 1.807) is 7.11 Å². The van der Waals surface area contributed by atoms with Gasteiger partial charge in [0.1, 0.15) is 5.82 Å². The molecule has 0 spiro atoms. The molecule has 0 bridgehead atoms. The first-order chi connectivity index (χ1) is 11.7. The zero-order chi connectivity index (χ0) is 16.9. The lowest BCUT2D eigenvalue weighted by Crippen LogP contribution is -2.13. The summed E-state index contributed by atoms with van der Waals surface area (Å²) < 4.78 is 10.9. The Bertz CT molecular complexity index is 802. The van der Waals surface area contributed by atoms with Crippen LogP contribution in [0.4, 0.5) is 0 Å². The molecule has 6 nitrogen and oxygen atoms in total. The summed E-state index contributed by atoms with van der Waals surface area (Å²) in [6, 6.07) is 15.0. The van der Waals surface area contributed by atoms with E-state index in [0.717, 1.165) is 11.1 Å². The van der Waals surface area contributed by atoms with E-state index in [0.29, 0.717) is 29.8 Å². The summed E-state index contributed by atoms with van der Waals surface area (Å²) in [5.41, 5.74) is 8.06. The molecule has 1 aromatic heterocycles. The maximum Gasteiger partial charge on any atom is 0.181 e. The maximum atomic E-state index is 6.25. The molecule has 124 valence electrons. The maximum absolute atomic E-state index is 6.25. The third-order valence-corrected chi connectivity index (χ3v) is 3.68. The van der Waals surface area contributed by atoms with E-state index in [2.05, 4.69) is 15.2 Å². The van der Waals surface area contributed by atoms with Gasteiger partial charge in [0, 0.05) is 5.56 Å². The summed E-state index contributed by atoms with van der Waals surface area (Å²) in [6.07, 6.45) is 0. The minimum absolute atomic E-state index is 0.350. The lowest BCUT2D eigenvalue weighted by atomic mass is 10.1. The van der Waals surface area contributed by atoms with Gasteiger partial charge in [-0.15, -0.1) is 0 Å². The molecule has 6 heteroatoms. The van der Waals surface area contributed by atoms with Crippen molar-refractivity contribution < 1.29 is 9.47 Å². The van der Waals surface area contributed by atoms with E-state index < -0.39 is 0 Å². The Morgan fingerprint density at radius 3 is 2.62 bits per heavy atom. The molecule has 0 unspecified atom stereocenters. The van der Waals surface area contributed by atoms with Gasteiger partial charge in [0.05, 0.1) is 19.8 Å². The Labute approximate surface area is 140 Å². The van der Waals surface area contributed by atoms with Crippen molar-refractivity contribution in [2.45, 2.75) is 13.0 Å². The monoisotopic (exact) mass is 324 g/mol. The van der Waals surface area contributed by atoms with E-state index in [4.69, 9.17) is 15.2 Å². The van der Waals surface area contributed by atoms with Crippen LogP contribution in [-0.2, 0) is 0 Å². The molecule has 0 saturated heterocycles. The Morgan fingerprint density at radius 1 is 1.12 bits per heavy atom. The Morgan fingerprint density at radius 2 is 1.92 bits per heavy atom. The van der Waals surface area contributed by atoms with Crippen molar-refractivity contribution >= 4 is 0 Å². The Hall–Kier alpha value is -2.86. The predicted molar refractivity (Wildman–Crippen MR) is 92.0 cm³/mol. The van der Waals surface area contributed by atoms with Crippen LogP contribution in [0.25, 0.3) is 11.4 Å². The van der Waals surface area contributed by atoms with Crippen molar-refractivity contribution in [1.82, 2.24) is 15.2 Å². The van der Waals surface area contributed by atoms with Gasteiger partial charge in [-0.25, -0.2) is 4.98 Å². The SMILES string of the molecule is CCOc1cc(-c2n[nH]c([C@@H](N)c3ccccc3)n2)ccc1OC. The molecule has 24 heavy (non-hydrogen) atoms. The van der Waals surface area contributed by atoms with Crippen LogP contribution in [0, 0.1) is 0 Å². The summed E-state index contributed by atoms with van der Waals surface area (Å²) in [5.74, 6) is 2.53. The number of hydrogen-bond donors (Lipinski definition) is 2. The first-order valence-electron chi connectivity index (χ1n) is 7.77. The van der Waals surface area contributed by atoms with Crippen LogP contribution < -0.4 is 15.2 Å². The largest absolute Gasteiger partial charge is 0.493 e. The predicted octanol–water partition coefficient (Wildman–Crippen LogP) is 2.93. The molecule has 0 radical (unpaired) electrons. The number of H-pyrrole nitrogens is 1. The zero-order valence-electron chi connectivity index (χ0n) is 13.7. The van der Waals surface area contributed by atoms with Crippen molar-refractivity contribution in [3.63, 3.8) is 0 Å². The fourth-order valence-corrected chi connectivity index (χ4v) is 2.44. The molecule has 0 fully saturated rings. The molecule has 0 saturated carbocycles. The minimum Gasteiger partial charge on any atom is -0.493 e. The number of rotatable bonds is 6. The third-order valence-electron chi connectivity index (χ3n) is 3.68.